The summed E-state index contributed by atoms with van der Waals surface area (Å²) in [7, 11) is 0. The second kappa shape index (κ2) is 10.5. The number of aliphatic hydroxyl groups excluding tert-OH is 1. The number of ether oxygens (including phenoxy) is 2. The number of fused-ring (bicyclic) bond motifs is 1. The molecule has 2 saturated heterocycles. The summed E-state index contributed by atoms with van der Waals surface area (Å²) in [4.78, 5) is 35.6. The van der Waals surface area contributed by atoms with Crippen LogP contribution in [0.5, 0.6) is 6.01 Å². The van der Waals surface area contributed by atoms with E-state index in [0.717, 1.165) is 56.4 Å². The Kier molecular flexibility index (Phi) is 7.05. The zero-order chi connectivity index (χ0) is 24.2. The average Bonchev–Trinajstić information content (AvgIpc) is 3.57. The lowest BCUT2D eigenvalue weighted by atomic mass is 9.89. The van der Waals surface area contributed by atoms with Crippen molar-refractivity contribution in [2.24, 2.45) is 0 Å². The third-order valence-corrected chi connectivity index (χ3v) is 6.58. The van der Waals surface area contributed by atoms with Gasteiger partial charge in [0.2, 0.25) is 11.8 Å². The number of aliphatic hydroxyl groups is 1. The highest BCUT2D eigenvalue weighted by atomic mass is 16.5. The molecule has 35 heavy (non-hydrogen) atoms. The molecule has 1 amide bonds. The Hall–Kier alpha value is -3.31. The van der Waals surface area contributed by atoms with Crippen LogP contribution in [0.3, 0.4) is 0 Å². The number of aromatic amines is 1. The number of nitrogens with zero attached hydrogens (tertiary/aromatic N) is 5. The molecule has 0 radical (unpaired) electrons. The molecule has 3 aromatic heterocycles. The largest absolute Gasteiger partial charge is 0.461 e. The molecule has 3 N–H and O–H groups in total. The molecule has 0 saturated carbocycles. The predicted octanol–water partition coefficient (Wildman–Crippen LogP) is 1.80. The number of H-pyrrole nitrogens is 1. The van der Waals surface area contributed by atoms with E-state index in [1.165, 1.54) is 5.56 Å². The van der Waals surface area contributed by atoms with Gasteiger partial charge in [-0.15, -0.1) is 0 Å². The third-order valence-electron chi connectivity index (χ3n) is 6.58. The highest BCUT2D eigenvalue weighted by molar-refractivity contribution is 5.91. The van der Waals surface area contributed by atoms with Gasteiger partial charge in [0.15, 0.2) is 0 Å². The van der Waals surface area contributed by atoms with Crippen LogP contribution in [0.2, 0.25) is 0 Å². The molecule has 5 heterocycles. The molecule has 0 unspecified atom stereocenters. The van der Waals surface area contributed by atoms with E-state index in [1.54, 1.807) is 13.1 Å². The predicted molar refractivity (Wildman–Crippen MR) is 129 cm³/mol. The van der Waals surface area contributed by atoms with Crippen LogP contribution in [0, 0.1) is 0 Å². The smallest absolute Gasteiger partial charge is 0.322 e. The van der Waals surface area contributed by atoms with Crippen LogP contribution >= 0.6 is 0 Å². The van der Waals surface area contributed by atoms with E-state index in [-0.39, 0.29) is 24.5 Å². The third kappa shape index (κ3) is 5.35. The Morgan fingerprint density at radius 3 is 2.94 bits per heavy atom. The van der Waals surface area contributed by atoms with Crippen molar-refractivity contribution in [3.8, 4) is 6.01 Å². The summed E-state index contributed by atoms with van der Waals surface area (Å²) in [5, 5.41) is 13.2. The molecule has 11 nitrogen and oxygen atoms in total. The normalized spacial score (nSPS) is 19.7. The van der Waals surface area contributed by atoms with Crippen molar-refractivity contribution in [3.05, 3.63) is 35.9 Å². The van der Waals surface area contributed by atoms with Gasteiger partial charge >= 0.3 is 6.01 Å². The van der Waals surface area contributed by atoms with E-state index in [9.17, 15) is 9.90 Å². The van der Waals surface area contributed by atoms with Crippen molar-refractivity contribution in [2.45, 2.75) is 50.7 Å². The average molecular weight is 482 g/mol. The van der Waals surface area contributed by atoms with Crippen LogP contribution in [0.15, 0.2) is 24.5 Å². The molecule has 2 atom stereocenters. The minimum Gasteiger partial charge on any atom is -0.461 e. The van der Waals surface area contributed by atoms with Crippen molar-refractivity contribution < 1.29 is 19.4 Å². The van der Waals surface area contributed by atoms with Crippen LogP contribution in [-0.2, 0) is 4.74 Å². The number of hydrogen-bond donors (Lipinski definition) is 3. The van der Waals surface area contributed by atoms with Gasteiger partial charge in [-0.05, 0) is 56.2 Å². The molecule has 0 bridgehead atoms. The SMILES string of the molecule is C[C@H](CO)NC(=O)c1nc(OC[C@@H]2CCCO2)nc(N2CCC(c3c[nH]c4ncccc34)CC2)n1. The number of piperidine rings is 1. The molecular formula is C24H31N7O4. The van der Waals surface area contributed by atoms with Crippen LogP contribution in [0.1, 0.15) is 54.7 Å². The maximum atomic E-state index is 12.7. The van der Waals surface area contributed by atoms with Crippen LogP contribution in [0.4, 0.5) is 5.95 Å². The summed E-state index contributed by atoms with van der Waals surface area (Å²) in [6.07, 6.45) is 7.62. The maximum Gasteiger partial charge on any atom is 0.322 e. The van der Waals surface area contributed by atoms with E-state index in [2.05, 4.69) is 47.4 Å². The fraction of sp³-hybridized carbons (Fsp3) is 0.542. The first-order chi connectivity index (χ1) is 17.1. The first kappa shape index (κ1) is 23.4. The fourth-order valence-corrected chi connectivity index (χ4v) is 4.64. The zero-order valence-corrected chi connectivity index (χ0v) is 19.8. The van der Waals surface area contributed by atoms with E-state index in [0.29, 0.717) is 18.5 Å². The maximum absolute atomic E-state index is 12.7. The van der Waals surface area contributed by atoms with Crippen LogP contribution < -0.4 is 15.0 Å². The lowest BCUT2D eigenvalue weighted by Crippen LogP contribution is -2.38. The second-order valence-corrected chi connectivity index (χ2v) is 9.15. The van der Waals surface area contributed by atoms with Crippen molar-refractivity contribution in [1.29, 1.82) is 0 Å². The van der Waals surface area contributed by atoms with Gasteiger partial charge in [0.05, 0.1) is 12.7 Å². The Bertz CT molecular complexity index is 1160. The molecule has 2 fully saturated rings. The van der Waals surface area contributed by atoms with Crippen LogP contribution in [0.25, 0.3) is 11.0 Å². The number of amides is 1. The monoisotopic (exact) mass is 481 g/mol. The fourth-order valence-electron chi connectivity index (χ4n) is 4.64. The summed E-state index contributed by atoms with van der Waals surface area (Å²) in [6, 6.07) is 3.75. The van der Waals surface area contributed by atoms with Gasteiger partial charge in [-0.25, -0.2) is 4.98 Å². The number of carbonyl (C=O) groups excluding carboxylic acids is 1. The first-order valence-corrected chi connectivity index (χ1v) is 12.2. The Morgan fingerprint density at radius 2 is 2.17 bits per heavy atom. The molecule has 5 rings (SSSR count). The van der Waals surface area contributed by atoms with Crippen molar-refractivity contribution in [2.75, 3.05) is 37.8 Å². The number of carbonyl (C=O) groups is 1. The molecule has 186 valence electrons. The number of rotatable bonds is 8. The molecule has 0 aromatic carbocycles. The van der Waals surface area contributed by atoms with Crippen molar-refractivity contribution in [1.82, 2.24) is 30.2 Å². The van der Waals surface area contributed by atoms with Gasteiger partial charge in [-0.2, -0.15) is 15.0 Å². The molecule has 3 aromatic rings. The Morgan fingerprint density at radius 1 is 1.31 bits per heavy atom. The van der Waals surface area contributed by atoms with Crippen LogP contribution in [-0.4, -0.2) is 81.0 Å². The van der Waals surface area contributed by atoms with E-state index < -0.39 is 11.9 Å². The minimum absolute atomic E-state index is 0.00307. The van der Waals surface area contributed by atoms with Gasteiger partial charge in [0.25, 0.3) is 5.91 Å². The lowest BCUT2D eigenvalue weighted by Gasteiger charge is -2.32. The Labute approximate surface area is 203 Å². The first-order valence-electron chi connectivity index (χ1n) is 12.2. The number of aromatic nitrogens is 5. The van der Waals surface area contributed by atoms with E-state index >= 15 is 0 Å². The summed E-state index contributed by atoms with van der Waals surface area (Å²) < 4.78 is 11.4. The second-order valence-electron chi connectivity index (χ2n) is 9.15. The van der Waals surface area contributed by atoms with Gasteiger partial charge in [-0.3, -0.25) is 4.79 Å². The Balaban J connectivity index is 1.32. The van der Waals surface area contributed by atoms with Crippen molar-refractivity contribution >= 4 is 22.9 Å². The molecule has 0 aliphatic carbocycles. The molecule has 2 aliphatic heterocycles. The van der Waals surface area contributed by atoms with Gasteiger partial charge in [-0.1, -0.05) is 0 Å². The summed E-state index contributed by atoms with van der Waals surface area (Å²) >= 11 is 0. The number of nitrogens with one attached hydrogen (secondary N) is 2. The highest BCUT2D eigenvalue weighted by Crippen LogP contribution is 2.33. The molecular weight excluding hydrogens is 450 g/mol. The highest BCUT2D eigenvalue weighted by Gasteiger charge is 2.27. The summed E-state index contributed by atoms with van der Waals surface area (Å²) in [5.74, 6) is 0.318. The number of anilines is 1. The van der Waals surface area contributed by atoms with Gasteiger partial charge in [0.1, 0.15) is 12.3 Å². The molecule has 0 spiro atoms. The summed E-state index contributed by atoms with van der Waals surface area (Å²) in [6.45, 7) is 4.06. The van der Waals surface area contributed by atoms with Crippen molar-refractivity contribution in [3.63, 3.8) is 0 Å². The standard InChI is InChI=1S/C24H31N7O4/c1-15(13-32)27-22(33)21-28-23(30-24(29-21)35-14-17-4-3-11-34-17)31-9-6-16(7-10-31)19-12-26-20-18(19)5-2-8-25-20/h2,5,8,12,15-17,32H,3-4,6-7,9-11,13-14H2,1H3,(H,25,26)(H,27,33)/t15-,17+/m1/s1. The topological polar surface area (TPSA) is 138 Å². The lowest BCUT2D eigenvalue weighted by molar-refractivity contribution is 0.0642. The molecule has 2 aliphatic rings. The molecule has 11 heteroatoms. The number of hydrogen-bond acceptors (Lipinski definition) is 9. The zero-order valence-electron chi connectivity index (χ0n) is 19.8. The number of pyridine rings is 1. The van der Waals surface area contributed by atoms with E-state index in [1.807, 2.05) is 6.07 Å². The quantitative estimate of drug-likeness (QED) is 0.439. The van der Waals surface area contributed by atoms with Gasteiger partial charge in [0, 0.05) is 43.5 Å². The van der Waals surface area contributed by atoms with Gasteiger partial charge < -0.3 is 29.8 Å². The minimum atomic E-state index is -0.474. The summed E-state index contributed by atoms with van der Waals surface area (Å²) in [5.41, 5.74) is 2.19. The van der Waals surface area contributed by atoms with E-state index in [4.69, 9.17) is 9.47 Å².